The van der Waals surface area contributed by atoms with Crippen molar-refractivity contribution in [1.29, 1.82) is 0 Å². The second-order valence-corrected chi connectivity index (χ2v) is 9.01. The van der Waals surface area contributed by atoms with Crippen molar-refractivity contribution in [3.05, 3.63) is 27.3 Å². The lowest BCUT2D eigenvalue weighted by Gasteiger charge is -2.41. The average Bonchev–Trinajstić information content (AvgIpc) is 3.20. The molecular weight excluding hydrogens is 384 g/mol. The minimum Gasteiger partial charge on any atom is -0.367 e. The van der Waals surface area contributed by atoms with E-state index in [0.29, 0.717) is 30.2 Å². The number of rotatable bonds is 3. The quantitative estimate of drug-likeness (QED) is 0.837. The van der Waals surface area contributed by atoms with Crippen molar-refractivity contribution in [2.45, 2.75) is 58.5 Å². The van der Waals surface area contributed by atoms with Crippen LogP contribution in [0, 0.1) is 26.7 Å². The standard InChI is InChI=1S/C19H25F2N5OS/c1-10-7-16-23-14(8-15(18(20)21)26(16)24-10)13-5-4-6-25(9-13)19(27)17-11(2)22-12(3)28-17/h7,13-15,18,23H,4-6,8-9H2,1-3H3/t13?,14-,15+/m0/s1. The molecule has 0 radical (unpaired) electrons. The molecule has 0 aliphatic carbocycles. The molecule has 2 aromatic rings. The van der Waals surface area contributed by atoms with Crippen LogP contribution >= 0.6 is 11.3 Å². The molecule has 6 nitrogen and oxygen atoms in total. The van der Waals surface area contributed by atoms with Gasteiger partial charge in [0.1, 0.15) is 16.7 Å². The number of alkyl halides is 2. The van der Waals surface area contributed by atoms with Crippen LogP contribution in [0.25, 0.3) is 0 Å². The zero-order chi connectivity index (χ0) is 20.0. The Morgan fingerprint density at radius 2 is 2.14 bits per heavy atom. The molecule has 0 saturated carbocycles. The highest BCUT2D eigenvalue weighted by molar-refractivity contribution is 7.13. The number of piperidine rings is 1. The number of nitrogens with zero attached hydrogens (tertiary/aromatic N) is 4. The van der Waals surface area contributed by atoms with Crippen molar-refractivity contribution in [2.75, 3.05) is 18.4 Å². The summed E-state index contributed by atoms with van der Waals surface area (Å²) in [5.74, 6) is 0.795. The van der Waals surface area contributed by atoms with Gasteiger partial charge in [-0.2, -0.15) is 5.10 Å². The molecule has 0 aromatic carbocycles. The second-order valence-electron chi connectivity index (χ2n) is 7.80. The number of fused-ring (bicyclic) bond motifs is 1. The van der Waals surface area contributed by atoms with Crippen molar-refractivity contribution in [3.8, 4) is 0 Å². The zero-order valence-electron chi connectivity index (χ0n) is 16.3. The largest absolute Gasteiger partial charge is 0.367 e. The first-order chi connectivity index (χ1) is 13.3. The molecule has 0 spiro atoms. The highest BCUT2D eigenvalue weighted by atomic mass is 32.1. The Kier molecular flexibility index (Phi) is 5.11. The van der Waals surface area contributed by atoms with Gasteiger partial charge in [0.25, 0.3) is 12.3 Å². The fourth-order valence-corrected chi connectivity index (χ4v) is 5.29. The molecule has 2 aromatic heterocycles. The highest BCUT2D eigenvalue weighted by Gasteiger charge is 2.39. The fourth-order valence-electron chi connectivity index (χ4n) is 4.40. The third-order valence-corrected chi connectivity index (χ3v) is 6.76. The number of hydrogen-bond donors (Lipinski definition) is 1. The average molecular weight is 410 g/mol. The topological polar surface area (TPSA) is 63.1 Å². The van der Waals surface area contributed by atoms with Gasteiger partial charge in [0.05, 0.1) is 16.4 Å². The van der Waals surface area contributed by atoms with E-state index in [9.17, 15) is 13.6 Å². The lowest BCUT2D eigenvalue weighted by atomic mass is 9.86. The zero-order valence-corrected chi connectivity index (χ0v) is 17.1. The lowest BCUT2D eigenvalue weighted by molar-refractivity contribution is 0.0507. The number of thiazole rings is 1. The number of anilines is 1. The number of halogens is 2. The van der Waals surface area contributed by atoms with Gasteiger partial charge >= 0.3 is 0 Å². The highest BCUT2D eigenvalue weighted by Crippen LogP contribution is 2.36. The number of aryl methyl sites for hydroxylation is 3. The molecule has 4 rings (SSSR count). The van der Waals surface area contributed by atoms with Crippen LogP contribution in [0.3, 0.4) is 0 Å². The van der Waals surface area contributed by atoms with Gasteiger partial charge in [0, 0.05) is 25.2 Å². The SMILES string of the molecule is Cc1cc2n(n1)[C@@H](C(F)F)C[C@@H](C1CCCN(C(=O)c3sc(C)nc3C)C1)N2. The van der Waals surface area contributed by atoms with Gasteiger partial charge in [-0.25, -0.2) is 18.4 Å². The van der Waals surface area contributed by atoms with Crippen LogP contribution in [-0.2, 0) is 0 Å². The number of carbonyl (C=O) groups excluding carboxylic acids is 1. The van der Waals surface area contributed by atoms with Crippen LogP contribution in [0.15, 0.2) is 6.07 Å². The van der Waals surface area contributed by atoms with Crippen LogP contribution in [-0.4, -0.2) is 51.1 Å². The molecule has 1 unspecified atom stereocenters. The molecule has 2 aliphatic heterocycles. The Morgan fingerprint density at radius 1 is 1.36 bits per heavy atom. The van der Waals surface area contributed by atoms with Crippen molar-refractivity contribution in [3.63, 3.8) is 0 Å². The van der Waals surface area contributed by atoms with E-state index in [1.807, 2.05) is 31.7 Å². The predicted octanol–water partition coefficient (Wildman–Crippen LogP) is 3.81. The Morgan fingerprint density at radius 3 is 2.82 bits per heavy atom. The number of nitrogens with one attached hydrogen (secondary N) is 1. The normalized spacial score (nSPS) is 24.9. The van der Waals surface area contributed by atoms with Gasteiger partial charge in [-0.3, -0.25) is 4.79 Å². The summed E-state index contributed by atoms with van der Waals surface area (Å²) in [5.41, 5.74) is 1.49. The number of amides is 1. The monoisotopic (exact) mass is 409 g/mol. The van der Waals surface area contributed by atoms with E-state index in [4.69, 9.17) is 0 Å². The molecule has 9 heteroatoms. The van der Waals surface area contributed by atoms with Crippen LogP contribution in [0.5, 0.6) is 0 Å². The second kappa shape index (κ2) is 7.42. The van der Waals surface area contributed by atoms with Crippen molar-refractivity contribution in [1.82, 2.24) is 19.7 Å². The Balaban J connectivity index is 1.52. The van der Waals surface area contributed by atoms with Crippen LogP contribution < -0.4 is 5.32 Å². The molecule has 0 bridgehead atoms. The summed E-state index contributed by atoms with van der Waals surface area (Å²) in [5, 5.41) is 8.52. The summed E-state index contributed by atoms with van der Waals surface area (Å²) in [7, 11) is 0. The fraction of sp³-hybridized carbons (Fsp3) is 0.632. The third kappa shape index (κ3) is 3.52. The van der Waals surface area contributed by atoms with Crippen LogP contribution in [0.4, 0.5) is 14.6 Å². The molecule has 1 amide bonds. The third-order valence-electron chi connectivity index (χ3n) is 5.70. The Bertz CT molecular complexity index is 880. The first-order valence-electron chi connectivity index (χ1n) is 9.67. The maximum atomic E-state index is 13.7. The molecule has 152 valence electrons. The van der Waals surface area contributed by atoms with Gasteiger partial charge in [-0.1, -0.05) is 0 Å². The van der Waals surface area contributed by atoms with Crippen LogP contribution in [0.2, 0.25) is 0 Å². The summed E-state index contributed by atoms with van der Waals surface area (Å²) in [6.45, 7) is 6.85. The van der Waals surface area contributed by atoms with Crippen molar-refractivity contribution < 1.29 is 13.6 Å². The number of likely N-dealkylation sites (tertiary alicyclic amines) is 1. The molecule has 3 atom stereocenters. The minimum absolute atomic E-state index is 0.00917. The predicted molar refractivity (Wildman–Crippen MR) is 104 cm³/mol. The number of hydrogen-bond acceptors (Lipinski definition) is 5. The summed E-state index contributed by atoms with van der Waals surface area (Å²) in [6.07, 6.45) is -0.349. The molecule has 1 N–H and O–H groups in total. The maximum Gasteiger partial charge on any atom is 0.265 e. The van der Waals surface area contributed by atoms with E-state index in [0.717, 1.165) is 29.2 Å². The minimum atomic E-state index is -2.47. The first kappa shape index (κ1) is 19.3. The van der Waals surface area contributed by atoms with E-state index in [2.05, 4.69) is 15.4 Å². The van der Waals surface area contributed by atoms with E-state index in [1.165, 1.54) is 16.0 Å². The number of carbonyl (C=O) groups is 1. The summed E-state index contributed by atoms with van der Waals surface area (Å²) < 4.78 is 28.7. The maximum absolute atomic E-state index is 13.7. The summed E-state index contributed by atoms with van der Waals surface area (Å²) in [4.78, 5) is 19.9. The molecule has 1 fully saturated rings. The Hall–Kier alpha value is -2.03. The molecular formula is C19H25F2N5OS. The molecule has 1 saturated heterocycles. The van der Waals surface area contributed by atoms with Gasteiger partial charge in [-0.05, 0) is 46.0 Å². The van der Waals surface area contributed by atoms with Crippen LogP contribution in [0.1, 0.15) is 51.4 Å². The molecule has 2 aliphatic rings. The van der Waals surface area contributed by atoms with Gasteiger partial charge < -0.3 is 10.2 Å². The number of aromatic nitrogens is 3. The van der Waals surface area contributed by atoms with Gasteiger partial charge in [-0.15, -0.1) is 11.3 Å². The lowest BCUT2D eigenvalue weighted by Crippen LogP contribution is -2.48. The smallest absolute Gasteiger partial charge is 0.265 e. The summed E-state index contributed by atoms with van der Waals surface area (Å²) >= 11 is 1.42. The van der Waals surface area contributed by atoms with Crippen molar-refractivity contribution >= 4 is 23.1 Å². The molecule has 4 heterocycles. The first-order valence-corrected chi connectivity index (χ1v) is 10.5. The van der Waals surface area contributed by atoms with E-state index in [-0.39, 0.29) is 17.9 Å². The Labute approximate surface area is 166 Å². The van der Waals surface area contributed by atoms with Gasteiger partial charge in [0.15, 0.2) is 0 Å². The molecule has 28 heavy (non-hydrogen) atoms. The van der Waals surface area contributed by atoms with E-state index < -0.39 is 12.5 Å². The van der Waals surface area contributed by atoms with E-state index in [1.54, 1.807) is 0 Å². The summed E-state index contributed by atoms with van der Waals surface area (Å²) in [6, 6.07) is 0.798. The van der Waals surface area contributed by atoms with E-state index >= 15 is 0 Å². The van der Waals surface area contributed by atoms with Crippen molar-refractivity contribution in [2.24, 2.45) is 5.92 Å². The van der Waals surface area contributed by atoms with Gasteiger partial charge in [0.2, 0.25) is 0 Å².